The van der Waals surface area contributed by atoms with E-state index in [0.29, 0.717) is 16.7 Å². The van der Waals surface area contributed by atoms with Crippen LogP contribution in [0.3, 0.4) is 0 Å². The minimum Gasteiger partial charge on any atom is -0.505 e. The average molecular weight is 637 g/mol. The molecule has 6 unspecified atom stereocenters. The van der Waals surface area contributed by atoms with E-state index in [9.17, 15) is 29.1 Å². The van der Waals surface area contributed by atoms with Crippen LogP contribution in [-0.2, 0) is 30.3 Å². The third kappa shape index (κ3) is 4.61. The maximum absolute atomic E-state index is 14.5. The molecule has 0 radical (unpaired) electrons. The van der Waals surface area contributed by atoms with Crippen molar-refractivity contribution in [2.45, 2.75) is 62.6 Å². The fourth-order valence-electron chi connectivity index (χ4n) is 9.19. The lowest BCUT2D eigenvalue weighted by molar-refractivity contribution is -0.161. The van der Waals surface area contributed by atoms with Crippen LogP contribution in [0.1, 0.15) is 54.4 Å². The smallest absolute Gasteiger partial charge is 0.238 e. The molecule has 1 aromatic carbocycles. The van der Waals surface area contributed by atoms with Gasteiger partial charge in [-0.1, -0.05) is 6.42 Å². The first kappa shape index (κ1) is 32.3. The highest BCUT2D eigenvalue weighted by atomic mass is 16.5. The number of likely N-dealkylation sites (N-methyl/N-ethyl adjacent to an activating group) is 1. The van der Waals surface area contributed by atoms with Crippen LogP contribution < -0.4 is 21.3 Å². The average Bonchev–Trinajstić information content (AvgIpc) is 2.92. The van der Waals surface area contributed by atoms with Gasteiger partial charge in [0.25, 0.3) is 0 Å². The second-order valence-electron chi connectivity index (χ2n) is 14.4. The first-order chi connectivity index (χ1) is 21.7. The molecule has 4 saturated carbocycles. The zero-order valence-corrected chi connectivity index (χ0v) is 27.1. The number of ether oxygens (including phenoxy) is 1. The second-order valence-corrected chi connectivity index (χ2v) is 14.4. The summed E-state index contributed by atoms with van der Waals surface area (Å²) in [7, 11) is 8.12. The monoisotopic (exact) mass is 636 g/mol. The third-order valence-electron chi connectivity index (χ3n) is 11.5. The molecule has 5 aliphatic carbocycles. The van der Waals surface area contributed by atoms with Crippen molar-refractivity contribution in [3.05, 3.63) is 17.2 Å². The standard InChI is InChI=1S/C33H44N6O7/c1-38(2)20-11-19(37-21(40)14-36-16-12-32(13-16)7-6-8-32)26(41)23-17(20)9-15-10-18-25(39(3)4)28(43)24(31(35)45)29(34)33(18,46-5)30(44)22(15)27(23)42/h11,15-16,18,22,24-25,34,36,41H,6-10,12-14H2,1-5H3,(H2,35,45)(H,37,40). The van der Waals surface area contributed by atoms with Crippen LogP contribution in [0.2, 0.25) is 0 Å². The Labute approximate surface area is 268 Å². The Morgan fingerprint density at radius 2 is 1.83 bits per heavy atom. The molecule has 0 heterocycles. The molecule has 0 saturated heterocycles. The number of nitrogens with one attached hydrogen (secondary N) is 3. The van der Waals surface area contributed by atoms with Gasteiger partial charge >= 0.3 is 0 Å². The molecular weight excluding hydrogens is 592 g/mol. The highest BCUT2D eigenvalue weighted by molar-refractivity contribution is 6.33. The number of anilines is 2. The van der Waals surface area contributed by atoms with Crippen LogP contribution in [-0.4, -0.2) is 104 Å². The molecule has 0 bridgehead atoms. The summed E-state index contributed by atoms with van der Waals surface area (Å²) in [4.78, 5) is 71.3. The van der Waals surface area contributed by atoms with E-state index in [-0.39, 0.29) is 42.6 Å². The quantitative estimate of drug-likeness (QED) is 0.202. The van der Waals surface area contributed by atoms with Crippen molar-refractivity contribution in [3.8, 4) is 5.75 Å². The predicted octanol–water partition coefficient (Wildman–Crippen LogP) is 0.899. The van der Waals surface area contributed by atoms with E-state index in [0.717, 1.165) is 12.8 Å². The molecule has 0 aromatic heterocycles. The van der Waals surface area contributed by atoms with Gasteiger partial charge in [-0.2, -0.15) is 0 Å². The Kier molecular flexibility index (Phi) is 7.88. The molecule has 6 atom stereocenters. The number of carbonyl (C=O) groups is 5. The first-order valence-corrected chi connectivity index (χ1v) is 16.0. The minimum absolute atomic E-state index is 0.0539. The van der Waals surface area contributed by atoms with Crippen molar-refractivity contribution in [1.82, 2.24) is 10.2 Å². The highest BCUT2D eigenvalue weighted by Gasteiger charge is 2.68. The molecule has 6 N–H and O–H groups in total. The van der Waals surface area contributed by atoms with E-state index in [2.05, 4.69) is 10.6 Å². The summed E-state index contributed by atoms with van der Waals surface area (Å²) >= 11 is 0. The normalized spacial score (nSPS) is 31.5. The number of phenolic OH excluding ortho intramolecular Hbond substituents is 1. The number of nitrogens with zero attached hydrogens (tertiary/aromatic N) is 2. The number of hydrogen-bond acceptors (Lipinski definition) is 11. The molecular formula is C33H44N6O7. The highest BCUT2D eigenvalue weighted by Crippen LogP contribution is 2.56. The van der Waals surface area contributed by atoms with Crippen molar-refractivity contribution < 1.29 is 33.8 Å². The lowest BCUT2D eigenvalue weighted by Crippen LogP contribution is -2.74. The summed E-state index contributed by atoms with van der Waals surface area (Å²) in [5.41, 5.74) is 4.59. The van der Waals surface area contributed by atoms with Crippen LogP contribution in [0.15, 0.2) is 6.07 Å². The van der Waals surface area contributed by atoms with Crippen LogP contribution in [0.4, 0.5) is 11.4 Å². The minimum atomic E-state index is -2.03. The lowest BCUT2D eigenvalue weighted by atomic mass is 9.52. The van der Waals surface area contributed by atoms with Gasteiger partial charge in [-0.25, -0.2) is 0 Å². The number of rotatable bonds is 8. The van der Waals surface area contributed by atoms with E-state index < -0.39 is 70.0 Å². The summed E-state index contributed by atoms with van der Waals surface area (Å²) in [6.45, 7) is 0.0539. The predicted molar refractivity (Wildman–Crippen MR) is 169 cm³/mol. The zero-order valence-electron chi connectivity index (χ0n) is 27.1. The number of Topliss-reactive ketones (excluding diaryl/α,β-unsaturated/α-hetero) is 3. The molecule has 2 amide bonds. The van der Waals surface area contributed by atoms with E-state index >= 15 is 0 Å². The third-order valence-corrected chi connectivity index (χ3v) is 11.5. The van der Waals surface area contributed by atoms with Gasteiger partial charge in [0.2, 0.25) is 11.8 Å². The second kappa shape index (κ2) is 11.2. The maximum atomic E-state index is 14.5. The van der Waals surface area contributed by atoms with Gasteiger partial charge in [0.1, 0.15) is 11.7 Å². The number of ketones is 3. The van der Waals surface area contributed by atoms with Crippen LogP contribution in [0.5, 0.6) is 5.75 Å². The number of primary amides is 1. The lowest BCUT2D eigenvalue weighted by Gasteiger charge is -2.55. The Hall–Kier alpha value is -3.68. The number of nitrogens with two attached hydrogens (primary N) is 1. The topological polar surface area (TPSA) is 195 Å². The molecule has 1 aromatic rings. The molecule has 46 heavy (non-hydrogen) atoms. The van der Waals surface area contributed by atoms with Crippen molar-refractivity contribution in [1.29, 1.82) is 5.41 Å². The van der Waals surface area contributed by atoms with Crippen molar-refractivity contribution >= 4 is 46.3 Å². The molecule has 0 aliphatic heterocycles. The zero-order chi connectivity index (χ0) is 33.5. The van der Waals surface area contributed by atoms with Gasteiger partial charge < -0.3 is 36.5 Å². The Bertz CT molecular complexity index is 1540. The molecule has 6 rings (SSSR count). The Morgan fingerprint density at radius 3 is 2.37 bits per heavy atom. The van der Waals surface area contributed by atoms with Gasteiger partial charge in [-0.05, 0) is 75.6 Å². The summed E-state index contributed by atoms with van der Waals surface area (Å²) < 4.78 is 5.81. The molecule has 4 fully saturated rings. The van der Waals surface area contributed by atoms with Crippen LogP contribution >= 0.6 is 0 Å². The van der Waals surface area contributed by atoms with Crippen molar-refractivity contribution in [2.24, 2.45) is 34.8 Å². The van der Waals surface area contributed by atoms with Gasteiger partial charge in [0, 0.05) is 38.9 Å². The number of carbonyl (C=O) groups excluding carboxylic acids is 5. The van der Waals surface area contributed by atoms with E-state index in [1.165, 1.54) is 26.4 Å². The summed E-state index contributed by atoms with van der Waals surface area (Å²) in [6, 6.07) is 0.958. The number of fused-ring (bicyclic) bond motifs is 3. The maximum Gasteiger partial charge on any atom is 0.238 e. The molecule has 13 nitrogen and oxygen atoms in total. The number of benzene rings is 1. The SMILES string of the molecule is COC12C(=N)C(C(N)=O)C(=O)C(N(C)C)C1CC1Cc3c(N(C)C)cc(NC(=O)CNC4CC5(CCC5)C4)c(O)c3C(=O)C1C2=O. The number of phenols is 1. The van der Waals surface area contributed by atoms with Gasteiger partial charge in [-0.3, -0.25) is 28.9 Å². The summed E-state index contributed by atoms with van der Waals surface area (Å²) in [5.74, 6) is -8.19. The summed E-state index contributed by atoms with van der Waals surface area (Å²) in [6.07, 6.45) is 6.30. The fraction of sp³-hybridized carbons (Fsp3) is 0.636. The van der Waals surface area contributed by atoms with E-state index in [4.69, 9.17) is 15.9 Å². The molecule has 13 heteroatoms. The van der Waals surface area contributed by atoms with Gasteiger partial charge in [0.15, 0.2) is 23.0 Å². The van der Waals surface area contributed by atoms with E-state index in [1.54, 1.807) is 44.1 Å². The largest absolute Gasteiger partial charge is 0.505 e. The molecule has 5 aliphatic rings. The van der Waals surface area contributed by atoms with Crippen molar-refractivity contribution in [2.75, 3.05) is 52.1 Å². The Balaban J connectivity index is 1.33. The molecule has 248 valence electrons. The van der Waals surface area contributed by atoms with Crippen LogP contribution in [0.25, 0.3) is 0 Å². The van der Waals surface area contributed by atoms with Gasteiger partial charge in [0.05, 0.1) is 35.5 Å². The Morgan fingerprint density at radius 1 is 1.15 bits per heavy atom. The van der Waals surface area contributed by atoms with Crippen LogP contribution in [0, 0.1) is 34.5 Å². The first-order valence-electron chi connectivity index (χ1n) is 16.0. The van der Waals surface area contributed by atoms with Gasteiger partial charge in [-0.15, -0.1) is 0 Å². The number of hydrogen-bond donors (Lipinski definition) is 5. The molecule has 1 spiro atoms. The fourth-order valence-corrected chi connectivity index (χ4v) is 9.19. The van der Waals surface area contributed by atoms with Crippen molar-refractivity contribution in [3.63, 3.8) is 0 Å². The number of aromatic hydroxyl groups is 1. The summed E-state index contributed by atoms with van der Waals surface area (Å²) in [5, 5.41) is 26.4. The number of amides is 2. The number of methoxy groups -OCH3 is 1. The van der Waals surface area contributed by atoms with E-state index in [1.807, 2.05) is 0 Å².